The minimum Gasteiger partial charge on any atom is -0.497 e. The topological polar surface area (TPSA) is 65.7 Å². The smallest absolute Gasteiger partial charge is 0.339 e. The molecule has 3 rings (SSSR count). The van der Waals surface area contributed by atoms with Crippen LogP contribution in [0.2, 0.25) is 0 Å². The molecular formula is C16H15N3O3. The predicted octanol–water partition coefficient (Wildman–Crippen LogP) is 2.12. The number of hydrogen-bond donors (Lipinski definition) is 0. The molecule has 0 N–H and O–H groups in total. The highest BCUT2D eigenvalue weighted by Crippen LogP contribution is 2.15. The number of carbonyl (C=O) groups excluding carboxylic acids is 1. The summed E-state index contributed by atoms with van der Waals surface area (Å²) < 4.78 is 11.7. The number of rotatable bonds is 4. The lowest BCUT2D eigenvalue weighted by Crippen LogP contribution is -2.04. The number of pyridine rings is 1. The van der Waals surface area contributed by atoms with E-state index in [1.54, 1.807) is 29.8 Å². The number of hydrogen-bond acceptors (Lipinski definition) is 5. The van der Waals surface area contributed by atoms with Crippen LogP contribution in [0.3, 0.4) is 0 Å². The summed E-state index contributed by atoms with van der Waals surface area (Å²) >= 11 is 0. The van der Waals surface area contributed by atoms with E-state index in [1.807, 2.05) is 24.3 Å². The maximum atomic E-state index is 11.6. The average Bonchev–Trinajstić information content (AvgIpc) is 2.97. The summed E-state index contributed by atoms with van der Waals surface area (Å²) in [7, 11) is 2.99. The fourth-order valence-electron chi connectivity index (χ4n) is 2.22. The fraction of sp³-hybridized carbons (Fsp3) is 0.188. The standard InChI is InChI=1S/C16H15N3O3/c1-21-13-6-3-11(4-7-13)9-15-18-17-14-8-5-12(10-19(14)15)16(20)22-2/h3-8,10H,9H2,1-2H3. The summed E-state index contributed by atoms with van der Waals surface area (Å²) in [6.45, 7) is 0. The minimum absolute atomic E-state index is 0.383. The molecule has 3 aromatic rings. The third kappa shape index (κ3) is 2.63. The van der Waals surface area contributed by atoms with Crippen molar-refractivity contribution in [2.45, 2.75) is 6.42 Å². The van der Waals surface area contributed by atoms with Gasteiger partial charge in [-0.2, -0.15) is 0 Å². The summed E-state index contributed by atoms with van der Waals surface area (Å²) in [6.07, 6.45) is 2.30. The quantitative estimate of drug-likeness (QED) is 0.690. The molecule has 0 aliphatic heterocycles. The van der Waals surface area contributed by atoms with E-state index in [1.165, 1.54) is 7.11 Å². The molecule has 112 valence electrons. The Bertz CT molecular complexity index is 809. The lowest BCUT2D eigenvalue weighted by molar-refractivity contribution is 0.0600. The Morgan fingerprint density at radius 2 is 1.86 bits per heavy atom. The number of ether oxygens (including phenoxy) is 2. The number of esters is 1. The van der Waals surface area contributed by atoms with Crippen LogP contribution in [0.5, 0.6) is 5.75 Å². The molecule has 0 unspecified atom stereocenters. The molecule has 0 fully saturated rings. The van der Waals surface area contributed by atoms with Gasteiger partial charge in [-0.1, -0.05) is 12.1 Å². The molecule has 0 aliphatic carbocycles. The summed E-state index contributed by atoms with van der Waals surface area (Å²) in [6, 6.07) is 11.2. The molecule has 0 saturated carbocycles. The first-order valence-electron chi connectivity index (χ1n) is 6.76. The van der Waals surface area contributed by atoms with Gasteiger partial charge in [0, 0.05) is 12.6 Å². The SMILES string of the molecule is COC(=O)c1ccc2nnc(Cc3ccc(OC)cc3)n2c1. The molecule has 2 aromatic heterocycles. The Hall–Kier alpha value is -2.89. The molecule has 0 saturated heterocycles. The van der Waals surface area contributed by atoms with Gasteiger partial charge in [0.15, 0.2) is 5.65 Å². The van der Waals surface area contributed by atoms with Crippen LogP contribution in [0.15, 0.2) is 42.6 Å². The normalized spacial score (nSPS) is 10.6. The second-order valence-corrected chi connectivity index (χ2v) is 4.78. The van der Waals surface area contributed by atoms with Gasteiger partial charge in [0.1, 0.15) is 11.6 Å². The second-order valence-electron chi connectivity index (χ2n) is 4.78. The zero-order valence-corrected chi connectivity index (χ0v) is 12.3. The van der Waals surface area contributed by atoms with Crippen molar-refractivity contribution < 1.29 is 14.3 Å². The molecule has 6 nitrogen and oxygen atoms in total. The molecule has 6 heteroatoms. The van der Waals surface area contributed by atoms with Crippen molar-refractivity contribution >= 4 is 11.6 Å². The summed E-state index contributed by atoms with van der Waals surface area (Å²) in [5.74, 6) is 1.18. The first-order chi connectivity index (χ1) is 10.7. The lowest BCUT2D eigenvalue weighted by atomic mass is 10.1. The highest BCUT2D eigenvalue weighted by atomic mass is 16.5. The van der Waals surface area contributed by atoms with Gasteiger partial charge in [0.05, 0.1) is 19.8 Å². The first-order valence-corrected chi connectivity index (χ1v) is 6.76. The van der Waals surface area contributed by atoms with E-state index in [-0.39, 0.29) is 5.97 Å². The fourth-order valence-corrected chi connectivity index (χ4v) is 2.22. The van der Waals surface area contributed by atoms with Crippen molar-refractivity contribution in [1.82, 2.24) is 14.6 Å². The number of carbonyl (C=O) groups is 1. The Morgan fingerprint density at radius 3 is 2.55 bits per heavy atom. The zero-order valence-electron chi connectivity index (χ0n) is 12.3. The van der Waals surface area contributed by atoms with Crippen LogP contribution in [0, 0.1) is 0 Å². The van der Waals surface area contributed by atoms with Gasteiger partial charge in [-0.25, -0.2) is 4.79 Å². The van der Waals surface area contributed by atoms with Gasteiger partial charge < -0.3 is 9.47 Å². The van der Waals surface area contributed by atoms with Crippen molar-refractivity contribution in [1.29, 1.82) is 0 Å². The van der Waals surface area contributed by atoms with Crippen molar-refractivity contribution in [3.05, 3.63) is 59.5 Å². The highest BCUT2D eigenvalue weighted by Gasteiger charge is 2.11. The van der Waals surface area contributed by atoms with Gasteiger partial charge in [-0.15, -0.1) is 10.2 Å². The predicted molar refractivity (Wildman–Crippen MR) is 80.1 cm³/mol. The van der Waals surface area contributed by atoms with Gasteiger partial charge in [0.25, 0.3) is 0 Å². The number of methoxy groups -OCH3 is 2. The van der Waals surface area contributed by atoms with Gasteiger partial charge in [-0.3, -0.25) is 4.40 Å². The molecule has 1 aromatic carbocycles. The highest BCUT2D eigenvalue weighted by molar-refractivity contribution is 5.89. The number of nitrogens with zero attached hydrogens (tertiary/aromatic N) is 3. The Balaban J connectivity index is 1.94. The Labute approximate surface area is 127 Å². The van der Waals surface area contributed by atoms with E-state index in [9.17, 15) is 4.79 Å². The molecule has 0 atom stereocenters. The van der Waals surface area contributed by atoms with E-state index in [0.29, 0.717) is 17.6 Å². The minimum atomic E-state index is -0.383. The van der Waals surface area contributed by atoms with E-state index in [0.717, 1.165) is 17.1 Å². The van der Waals surface area contributed by atoms with E-state index in [4.69, 9.17) is 9.47 Å². The average molecular weight is 297 g/mol. The molecule has 2 heterocycles. The Kier molecular flexibility index (Phi) is 3.74. The molecule has 0 amide bonds. The zero-order chi connectivity index (χ0) is 15.5. The lowest BCUT2D eigenvalue weighted by Gasteiger charge is -2.04. The third-order valence-electron chi connectivity index (χ3n) is 3.42. The maximum absolute atomic E-state index is 11.6. The van der Waals surface area contributed by atoms with Gasteiger partial charge in [0.2, 0.25) is 0 Å². The second kappa shape index (κ2) is 5.85. The number of aromatic nitrogens is 3. The van der Waals surface area contributed by atoms with Crippen LogP contribution in [0.4, 0.5) is 0 Å². The van der Waals surface area contributed by atoms with Crippen molar-refractivity contribution in [2.75, 3.05) is 14.2 Å². The van der Waals surface area contributed by atoms with Crippen molar-refractivity contribution in [3.8, 4) is 5.75 Å². The van der Waals surface area contributed by atoms with E-state index < -0.39 is 0 Å². The van der Waals surface area contributed by atoms with Crippen LogP contribution in [-0.4, -0.2) is 34.8 Å². The summed E-state index contributed by atoms with van der Waals surface area (Å²) in [5, 5.41) is 8.30. The molecule has 0 spiro atoms. The van der Waals surface area contributed by atoms with Gasteiger partial charge >= 0.3 is 5.97 Å². The molecule has 0 aliphatic rings. The van der Waals surface area contributed by atoms with E-state index in [2.05, 4.69) is 10.2 Å². The van der Waals surface area contributed by atoms with Crippen LogP contribution in [-0.2, 0) is 11.2 Å². The molecular weight excluding hydrogens is 282 g/mol. The molecule has 22 heavy (non-hydrogen) atoms. The van der Waals surface area contributed by atoms with E-state index >= 15 is 0 Å². The molecule has 0 bridgehead atoms. The molecule has 0 radical (unpaired) electrons. The van der Waals surface area contributed by atoms with Crippen molar-refractivity contribution in [2.24, 2.45) is 0 Å². The van der Waals surface area contributed by atoms with Crippen LogP contribution >= 0.6 is 0 Å². The first kappa shape index (κ1) is 14.1. The Morgan fingerprint density at radius 1 is 1.09 bits per heavy atom. The van der Waals surface area contributed by atoms with Crippen LogP contribution in [0.1, 0.15) is 21.7 Å². The summed E-state index contributed by atoms with van der Waals surface area (Å²) in [5.41, 5.74) is 2.24. The maximum Gasteiger partial charge on any atom is 0.339 e. The number of fused-ring (bicyclic) bond motifs is 1. The summed E-state index contributed by atoms with van der Waals surface area (Å²) in [4.78, 5) is 11.6. The van der Waals surface area contributed by atoms with Crippen molar-refractivity contribution in [3.63, 3.8) is 0 Å². The largest absolute Gasteiger partial charge is 0.497 e. The number of benzene rings is 1. The monoisotopic (exact) mass is 297 g/mol. The third-order valence-corrected chi connectivity index (χ3v) is 3.42. The van der Waals surface area contributed by atoms with Crippen LogP contribution in [0.25, 0.3) is 5.65 Å². The van der Waals surface area contributed by atoms with Gasteiger partial charge in [-0.05, 0) is 29.8 Å². The van der Waals surface area contributed by atoms with Crippen LogP contribution < -0.4 is 4.74 Å².